The van der Waals surface area contributed by atoms with Crippen molar-refractivity contribution in [3.05, 3.63) is 0 Å². The highest BCUT2D eigenvalue weighted by molar-refractivity contribution is 5.05. The summed E-state index contributed by atoms with van der Waals surface area (Å²) in [6, 6.07) is 0.638. The molecule has 1 aliphatic carbocycles. The Morgan fingerprint density at radius 1 is 1.16 bits per heavy atom. The normalized spacial score (nSPS) is 25.9. The van der Waals surface area contributed by atoms with Crippen LogP contribution >= 0.6 is 0 Å². The summed E-state index contributed by atoms with van der Waals surface area (Å²) in [5.74, 6) is 0.789. The fraction of sp³-hybridized carbons (Fsp3) is 1.00. The zero-order valence-corrected chi connectivity index (χ0v) is 13.1. The maximum Gasteiger partial charge on any atom is 0.0469 e. The molecule has 2 fully saturated rings. The third-order valence-corrected chi connectivity index (χ3v) is 5.49. The molecular formula is C16H32N2O. The van der Waals surface area contributed by atoms with Crippen LogP contribution in [0.3, 0.4) is 0 Å². The van der Waals surface area contributed by atoms with Gasteiger partial charge in [-0.25, -0.2) is 0 Å². The Labute approximate surface area is 119 Å². The molecule has 1 unspecified atom stereocenters. The Hall–Kier alpha value is -0.120. The monoisotopic (exact) mass is 268 g/mol. The number of nitrogens with zero attached hydrogens (tertiary/aromatic N) is 1. The Bertz CT molecular complexity index is 253. The third-order valence-electron chi connectivity index (χ3n) is 5.49. The van der Waals surface area contributed by atoms with Crippen LogP contribution in [0.2, 0.25) is 0 Å². The molecule has 2 rings (SSSR count). The highest BCUT2D eigenvalue weighted by atomic mass is 16.5. The summed E-state index contributed by atoms with van der Waals surface area (Å²) in [4.78, 5) is 2.73. The van der Waals surface area contributed by atoms with E-state index in [1.807, 2.05) is 0 Å². The van der Waals surface area contributed by atoms with E-state index in [-0.39, 0.29) is 0 Å². The highest BCUT2D eigenvalue weighted by Crippen LogP contribution is 2.42. The first-order valence-corrected chi connectivity index (χ1v) is 8.28. The summed E-state index contributed by atoms with van der Waals surface area (Å²) in [5, 5.41) is 3.71. The summed E-state index contributed by atoms with van der Waals surface area (Å²) in [7, 11) is 2.17. The minimum Gasteiger partial charge on any atom is -0.381 e. The second-order valence-corrected chi connectivity index (χ2v) is 6.20. The van der Waals surface area contributed by atoms with E-state index in [1.165, 1.54) is 51.6 Å². The van der Waals surface area contributed by atoms with Crippen molar-refractivity contribution in [2.24, 2.45) is 5.92 Å². The average molecular weight is 268 g/mol. The van der Waals surface area contributed by atoms with E-state index < -0.39 is 0 Å². The molecule has 1 saturated carbocycles. The lowest BCUT2D eigenvalue weighted by molar-refractivity contribution is -0.00199. The molecule has 1 aliphatic heterocycles. The number of nitrogens with one attached hydrogen (secondary N) is 1. The lowest BCUT2D eigenvalue weighted by Gasteiger charge is -2.49. The number of hydrogen-bond acceptors (Lipinski definition) is 3. The van der Waals surface area contributed by atoms with E-state index in [1.54, 1.807) is 0 Å². The Morgan fingerprint density at radius 2 is 1.74 bits per heavy atom. The molecule has 0 amide bonds. The molecule has 112 valence electrons. The largest absolute Gasteiger partial charge is 0.381 e. The fourth-order valence-corrected chi connectivity index (χ4v) is 4.66. The van der Waals surface area contributed by atoms with E-state index in [9.17, 15) is 0 Å². The first kappa shape index (κ1) is 15.3. The van der Waals surface area contributed by atoms with Gasteiger partial charge in [0.1, 0.15) is 0 Å². The van der Waals surface area contributed by atoms with Crippen molar-refractivity contribution in [3.63, 3.8) is 0 Å². The van der Waals surface area contributed by atoms with Crippen LogP contribution in [-0.4, -0.2) is 49.8 Å². The molecule has 1 N–H and O–H groups in total. The topological polar surface area (TPSA) is 24.5 Å². The molecule has 1 heterocycles. The number of likely N-dealkylation sites (N-methyl/N-ethyl adjacent to an activating group) is 2. The van der Waals surface area contributed by atoms with E-state index in [2.05, 4.69) is 31.1 Å². The molecular weight excluding hydrogens is 236 g/mol. The van der Waals surface area contributed by atoms with Crippen LogP contribution in [0, 0.1) is 5.92 Å². The van der Waals surface area contributed by atoms with Crippen LogP contribution in [0.4, 0.5) is 0 Å². The van der Waals surface area contributed by atoms with Gasteiger partial charge in [-0.1, -0.05) is 26.7 Å². The summed E-state index contributed by atoms with van der Waals surface area (Å²) in [6.07, 6.45) is 8.01. The molecule has 0 radical (unpaired) electrons. The Kier molecular flexibility index (Phi) is 5.67. The van der Waals surface area contributed by atoms with Gasteiger partial charge in [-0.15, -0.1) is 0 Å². The van der Waals surface area contributed by atoms with Gasteiger partial charge in [0, 0.05) is 24.8 Å². The summed E-state index contributed by atoms with van der Waals surface area (Å²) in [5.41, 5.74) is 0.403. The zero-order valence-electron chi connectivity index (χ0n) is 13.1. The predicted octanol–water partition coefficient (Wildman–Crippen LogP) is 2.66. The van der Waals surface area contributed by atoms with Gasteiger partial charge in [0.05, 0.1) is 0 Å². The average Bonchev–Trinajstić information content (AvgIpc) is 2.92. The Morgan fingerprint density at radius 3 is 2.21 bits per heavy atom. The van der Waals surface area contributed by atoms with Crippen molar-refractivity contribution in [1.82, 2.24) is 10.2 Å². The third kappa shape index (κ3) is 2.98. The van der Waals surface area contributed by atoms with Crippen LogP contribution in [-0.2, 0) is 4.74 Å². The first-order chi connectivity index (χ1) is 9.28. The number of rotatable bonds is 6. The van der Waals surface area contributed by atoms with Gasteiger partial charge in [-0.05, 0) is 51.7 Å². The Balaban J connectivity index is 2.19. The highest BCUT2D eigenvalue weighted by Gasteiger charge is 2.47. The van der Waals surface area contributed by atoms with Crippen molar-refractivity contribution in [3.8, 4) is 0 Å². The van der Waals surface area contributed by atoms with Gasteiger partial charge >= 0.3 is 0 Å². The summed E-state index contributed by atoms with van der Waals surface area (Å²) >= 11 is 0. The molecule has 0 spiro atoms. The van der Waals surface area contributed by atoms with Crippen LogP contribution in [0.5, 0.6) is 0 Å². The number of ether oxygens (including phenoxy) is 1. The summed E-state index contributed by atoms with van der Waals surface area (Å²) < 4.78 is 5.56. The first-order valence-electron chi connectivity index (χ1n) is 8.28. The predicted molar refractivity (Wildman–Crippen MR) is 80.5 cm³/mol. The van der Waals surface area contributed by atoms with Gasteiger partial charge in [0.2, 0.25) is 0 Å². The van der Waals surface area contributed by atoms with E-state index >= 15 is 0 Å². The molecule has 0 aromatic rings. The van der Waals surface area contributed by atoms with Crippen molar-refractivity contribution < 1.29 is 4.74 Å². The van der Waals surface area contributed by atoms with Crippen LogP contribution < -0.4 is 5.32 Å². The quantitative estimate of drug-likeness (QED) is 0.801. The van der Waals surface area contributed by atoms with Crippen LogP contribution in [0.15, 0.2) is 0 Å². The minimum absolute atomic E-state index is 0.403. The summed E-state index contributed by atoms with van der Waals surface area (Å²) in [6.45, 7) is 8.91. The maximum absolute atomic E-state index is 5.56. The van der Waals surface area contributed by atoms with E-state index in [4.69, 9.17) is 4.74 Å². The van der Waals surface area contributed by atoms with Crippen molar-refractivity contribution >= 4 is 0 Å². The van der Waals surface area contributed by atoms with Crippen LogP contribution in [0.1, 0.15) is 52.4 Å². The smallest absolute Gasteiger partial charge is 0.0469 e. The van der Waals surface area contributed by atoms with Crippen molar-refractivity contribution in [2.45, 2.75) is 64.0 Å². The molecule has 2 aliphatic rings. The molecule has 3 nitrogen and oxygen atoms in total. The molecule has 0 aromatic heterocycles. The number of hydrogen-bond donors (Lipinski definition) is 1. The standard InChI is InChI=1S/C16H32N2O/c1-4-18(5-2)16(10-6-7-11-16)15(17-3)14-8-12-19-13-9-14/h14-15,17H,4-13H2,1-3H3. The van der Waals surface area contributed by atoms with Gasteiger partial charge in [-0.3, -0.25) is 4.90 Å². The fourth-order valence-electron chi connectivity index (χ4n) is 4.66. The minimum atomic E-state index is 0.403. The molecule has 1 saturated heterocycles. The molecule has 1 atom stereocenters. The maximum atomic E-state index is 5.56. The van der Waals surface area contributed by atoms with Gasteiger partial charge in [0.15, 0.2) is 0 Å². The second-order valence-electron chi connectivity index (χ2n) is 6.20. The van der Waals surface area contributed by atoms with Gasteiger partial charge < -0.3 is 10.1 Å². The molecule has 0 aromatic carbocycles. The van der Waals surface area contributed by atoms with Gasteiger partial charge in [-0.2, -0.15) is 0 Å². The van der Waals surface area contributed by atoms with Crippen molar-refractivity contribution in [1.29, 1.82) is 0 Å². The SMILES string of the molecule is CCN(CC)C1(C(NC)C2CCOCC2)CCCC1. The lowest BCUT2D eigenvalue weighted by Crippen LogP contribution is -2.62. The van der Waals surface area contributed by atoms with E-state index in [0.717, 1.165) is 19.1 Å². The zero-order chi connectivity index (χ0) is 13.7. The molecule has 0 bridgehead atoms. The second kappa shape index (κ2) is 7.05. The van der Waals surface area contributed by atoms with Crippen molar-refractivity contribution in [2.75, 3.05) is 33.4 Å². The molecule has 19 heavy (non-hydrogen) atoms. The molecule has 3 heteroatoms. The van der Waals surface area contributed by atoms with Gasteiger partial charge in [0.25, 0.3) is 0 Å². The van der Waals surface area contributed by atoms with Crippen LogP contribution in [0.25, 0.3) is 0 Å². The lowest BCUT2D eigenvalue weighted by atomic mass is 9.75. The van der Waals surface area contributed by atoms with E-state index in [0.29, 0.717) is 11.6 Å².